The van der Waals surface area contributed by atoms with Crippen molar-refractivity contribution >= 4 is 31.2 Å². The molecule has 1 saturated heterocycles. The molecule has 1 aliphatic heterocycles. The molecule has 9 heteroatoms. The van der Waals surface area contributed by atoms with E-state index in [1.807, 2.05) is 0 Å². The van der Waals surface area contributed by atoms with Gasteiger partial charge >= 0.3 is 0 Å². The summed E-state index contributed by atoms with van der Waals surface area (Å²) in [5.74, 6) is 0.102. The monoisotopic (exact) mass is 338 g/mol. The second-order valence-corrected chi connectivity index (χ2v) is 10.0. The highest BCUT2D eigenvalue weighted by Gasteiger charge is 2.28. The fourth-order valence-corrected chi connectivity index (χ4v) is 6.10. The summed E-state index contributed by atoms with van der Waals surface area (Å²) < 4.78 is 49.9. The molecule has 2 heterocycles. The van der Waals surface area contributed by atoms with Crippen molar-refractivity contribution in [2.75, 3.05) is 18.6 Å². The molecular weight excluding hydrogens is 320 g/mol. The van der Waals surface area contributed by atoms with Crippen molar-refractivity contribution in [1.82, 2.24) is 10.0 Å². The van der Waals surface area contributed by atoms with E-state index < -0.39 is 19.9 Å². The number of hydrogen-bond donors (Lipinski definition) is 2. The third kappa shape index (κ3) is 4.01. The molecule has 0 spiro atoms. The lowest BCUT2D eigenvalue weighted by Crippen LogP contribution is -2.40. The Hall–Kier alpha value is -0.480. The van der Waals surface area contributed by atoms with Crippen LogP contribution in [0.25, 0.3) is 0 Å². The van der Waals surface area contributed by atoms with Gasteiger partial charge in [-0.05, 0) is 36.9 Å². The van der Waals surface area contributed by atoms with E-state index in [4.69, 9.17) is 0 Å². The standard InChI is InChI=1S/C11H18N2O4S3/c1-12-7-9-6-11(18-8-9)20(16,17)13-10-2-4-19(14,15)5-3-10/h6,8,10,12-13H,2-5,7H2,1H3. The van der Waals surface area contributed by atoms with Gasteiger partial charge in [-0.25, -0.2) is 21.6 Å². The first-order valence-corrected chi connectivity index (χ1v) is 10.5. The maximum atomic E-state index is 12.2. The summed E-state index contributed by atoms with van der Waals surface area (Å²) in [6.07, 6.45) is 0.687. The molecule has 0 amide bonds. The van der Waals surface area contributed by atoms with Crippen molar-refractivity contribution in [2.24, 2.45) is 0 Å². The third-order valence-corrected chi connectivity index (χ3v) is 7.88. The van der Waals surface area contributed by atoms with Crippen molar-refractivity contribution in [1.29, 1.82) is 0 Å². The lowest BCUT2D eigenvalue weighted by atomic mass is 10.2. The van der Waals surface area contributed by atoms with Crippen molar-refractivity contribution < 1.29 is 16.8 Å². The van der Waals surface area contributed by atoms with Gasteiger partial charge < -0.3 is 5.32 Å². The first kappa shape index (κ1) is 15.9. The van der Waals surface area contributed by atoms with Gasteiger partial charge in [-0.3, -0.25) is 0 Å². The van der Waals surface area contributed by atoms with Gasteiger partial charge in [-0.1, -0.05) is 0 Å². The van der Waals surface area contributed by atoms with Gasteiger partial charge in [0.2, 0.25) is 10.0 Å². The molecule has 0 aromatic carbocycles. The van der Waals surface area contributed by atoms with Crippen LogP contribution in [-0.4, -0.2) is 41.4 Å². The summed E-state index contributed by atoms with van der Waals surface area (Å²) in [7, 11) is -4.73. The second-order valence-electron chi connectivity index (χ2n) is 4.85. The van der Waals surface area contributed by atoms with Gasteiger partial charge in [0.1, 0.15) is 14.0 Å². The first-order chi connectivity index (χ1) is 9.32. The number of hydrogen-bond acceptors (Lipinski definition) is 6. The highest BCUT2D eigenvalue weighted by molar-refractivity contribution is 7.92. The van der Waals surface area contributed by atoms with Crippen molar-refractivity contribution in [3.63, 3.8) is 0 Å². The van der Waals surface area contributed by atoms with Crippen LogP contribution in [0.4, 0.5) is 0 Å². The van der Waals surface area contributed by atoms with Crippen LogP contribution in [0.3, 0.4) is 0 Å². The summed E-state index contributed by atoms with van der Waals surface area (Å²) in [6, 6.07) is 1.35. The summed E-state index contributed by atoms with van der Waals surface area (Å²) >= 11 is 1.18. The Labute approximate surface area is 123 Å². The zero-order valence-electron chi connectivity index (χ0n) is 11.1. The number of thiophene rings is 1. The van der Waals surface area contributed by atoms with Crippen LogP contribution in [0, 0.1) is 0 Å². The van der Waals surface area contributed by atoms with Crippen molar-refractivity contribution in [3.05, 3.63) is 17.0 Å². The van der Waals surface area contributed by atoms with E-state index in [0.29, 0.717) is 19.4 Å². The van der Waals surface area contributed by atoms with E-state index in [9.17, 15) is 16.8 Å². The van der Waals surface area contributed by atoms with Gasteiger partial charge in [0.05, 0.1) is 11.5 Å². The SMILES string of the molecule is CNCc1csc(S(=O)(=O)NC2CCS(=O)(=O)CC2)c1. The molecule has 0 atom stereocenters. The molecule has 1 aromatic heterocycles. The van der Waals surface area contributed by atoms with Gasteiger partial charge in [-0.2, -0.15) is 0 Å². The van der Waals surface area contributed by atoms with Crippen LogP contribution in [-0.2, 0) is 26.4 Å². The largest absolute Gasteiger partial charge is 0.316 e. The Morgan fingerprint density at radius 3 is 2.60 bits per heavy atom. The van der Waals surface area contributed by atoms with E-state index in [0.717, 1.165) is 5.56 Å². The van der Waals surface area contributed by atoms with Crippen LogP contribution in [0.5, 0.6) is 0 Å². The first-order valence-electron chi connectivity index (χ1n) is 6.27. The van der Waals surface area contributed by atoms with Crippen LogP contribution >= 0.6 is 11.3 Å². The predicted octanol–water partition coefficient (Wildman–Crippen LogP) is 0.323. The Kier molecular flexibility index (Phi) is 4.85. The Balaban J connectivity index is 2.03. The highest BCUT2D eigenvalue weighted by atomic mass is 32.2. The summed E-state index contributed by atoms with van der Waals surface area (Å²) in [5.41, 5.74) is 0.920. The van der Waals surface area contributed by atoms with Crippen LogP contribution in [0.1, 0.15) is 18.4 Å². The van der Waals surface area contributed by atoms with Crippen LogP contribution < -0.4 is 10.0 Å². The van der Waals surface area contributed by atoms with E-state index in [1.165, 1.54) is 11.3 Å². The maximum Gasteiger partial charge on any atom is 0.250 e. The average molecular weight is 338 g/mol. The summed E-state index contributed by atoms with van der Waals surface area (Å²) in [4.78, 5) is 0. The normalized spacial score (nSPS) is 20.1. The van der Waals surface area contributed by atoms with Crippen LogP contribution in [0.2, 0.25) is 0 Å². The Bertz CT molecular complexity index is 650. The molecule has 0 bridgehead atoms. The van der Waals surface area contributed by atoms with Crippen LogP contribution in [0.15, 0.2) is 15.7 Å². The summed E-state index contributed by atoms with van der Waals surface area (Å²) in [6.45, 7) is 0.619. The zero-order valence-corrected chi connectivity index (χ0v) is 13.6. The number of sulfonamides is 1. The molecule has 2 rings (SSSR count). The second kappa shape index (κ2) is 6.10. The fourth-order valence-electron chi connectivity index (χ4n) is 2.08. The zero-order chi connectivity index (χ0) is 14.8. The smallest absolute Gasteiger partial charge is 0.250 e. The van der Waals surface area contributed by atoms with Gasteiger partial charge in [0.15, 0.2) is 0 Å². The van der Waals surface area contributed by atoms with E-state index in [1.54, 1.807) is 18.5 Å². The average Bonchev–Trinajstić information content (AvgIpc) is 2.82. The lowest BCUT2D eigenvalue weighted by Gasteiger charge is -2.22. The molecule has 0 aliphatic carbocycles. The molecule has 0 unspecified atom stereocenters. The topological polar surface area (TPSA) is 92.3 Å². The third-order valence-electron chi connectivity index (χ3n) is 3.15. The number of rotatable bonds is 5. The molecule has 0 radical (unpaired) electrons. The predicted molar refractivity (Wildman–Crippen MR) is 79.1 cm³/mol. The van der Waals surface area contributed by atoms with Crippen molar-refractivity contribution in [3.8, 4) is 0 Å². The van der Waals surface area contributed by atoms with Gasteiger partial charge in [0, 0.05) is 12.6 Å². The van der Waals surface area contributed by atoms with E-state index in [2.05, 4.69) is 10.0 Å². The minimum absolute atomic E-state index is 0.0512. The minimum atomic E-state index is -3.55. The molecule has 1 aromatic rings. The molecular formula is C11H18N2O4S3. The lowest BCUT2D eigenvalue weighted by molar-refractivity contribution is 0.506. The Morgan fingerprint density at radius 1 is 1.35 bits per heavy atom. The van der Waals surface area contributed by atoms with Gasteiger partial charge in [-0.15, -0.1) is 11.3 Å². The molecule has 6 nitrogen and oxygen atoms in total. The summed E-state index contributed by atoms with van der Waals surface area (Å²) in [5, 5.41) is 4.77. The van der Waals surface area contributed by atoms with Crippen molar-refractivity contribution in [2.45, 2.75) is 29.6 Å². The molecule has 1 fully saturated rings. The quantitative estimate of drug-likeness (QED) is 0.807. The fraction of sp³-hybridized carbons (Fsp3) is 0.636. The van der Waals surface area contributed by atoms with E-state index >= 15 is 0 Å². The minimum Gasteiger partial charge on any atom is -0.316 e. The molecule has 0 saturated carbocycles. The van der Waals surface area contributed by atoms with Gasteiger partial charge in [0.25, 0.3) is 0 Å². The maximum absolute atomic E-state index is 12.2. The number of nitrogens with one attached hydrogen (secondary N) is 2. The van der Waals surface area contributed by atoms with E-state index in [-0.39, 0.29) is 21.8 Å². The molecule has 20 heavy (non-hydrogen) atoms. The molecule has 1 aliphatic rings. The Morgan fingerprint density at radius 2 is 2.00 bits per heavy atom. The molecule has 114 valence electrons. The highest BCUT2D eigenvalue weighted by Crippen LogP contribution is 2.22. The number of sulfone groups is 1. The molecule has 2 N–H and O–H groups in total.